The van der Waals surface area contributed by atoms with Gasteiger partial charge in [-0.2, -0.15) is 13.2 Å². The van der Waals surface area contributed by atoms with E-state index in [9.17, 15) is 18.3 Å². The molecule has 1 nitrogen and oxygen atoms in total. The Labute approximate surface area is 71.4 Å². The second-order valence-corrected chi connectivity index (χ2v) is 2.55. The maximum atomic E-state index is 12.0. The first-order valence-corrected chi connectivity index (χ1v) is 3.33. The number of rotatable bonds is 0. The minimum atomic E-state index is -4.56. The highest BCUT2D eigenvalue weighted by Crippen LogP contribution is 2.36. The van der Waals surface area contributed by atoms with E-state index in [1.165, 1.54) is 0 Å². The summed E-state index contributed by atoms with van der Waals surface area (Å²) in [6.45, 7) is 0. The lowest BCUT2D eigenvalue weighted by molar-refractivity contribution is -0.137. The predicted octanol–water partition coefficient (Wildman–Crippen LogP) is 3.50. The van der Waals surface area contributed by atoms with Crippen LogP contribution >= 0.6 is 11.6 Å². The molecule has 0 saturated carbocycles. The zero-order chi connectivity index (χ0) is 9.35. The summed E-state index contributed by atoms with van der Waals surface area (Å²) in [5.41, 5.74) is -1.09. The predicted molar refractivity (Wildman–Crippen MR) is 36.6 cm³/mol. The standard InChI is InChI=1S/C7H3ClF3O/c8-6-2-1-4(12)3-5(6)7(9,10)11/h1-3H. The van der Waals surface area contributed by atoms with Crippen molar-refractivity contribution in [3.8, 4) is 5.75 Å². The van der Waals surface area contributed by atoms with Gasteiger partial charge in [0.25, 0.3) is 0 Å². The summed E-state index contributed by atoms with van der Waals surface area (Å²) in [4.78, 5) is 0. The molecule has 0 aliphatic rings. The van der Waals surface area contributed by atoms with Gasteiger partial charge in [0, 0.05) is 0 Å². The Kier molecular flexibility index (Phi) is 2.19. The molecule has 1 aromatic carbocycles. The van der Waals surface area contributed by atoms with Crippen LogP contribution in [0.4, 0.5) is 13.2 Å². The Morgan fingerprint density at radius 1 is 1.25 bits per heavy atom. The molecular weight excluding hydrogens is 193 g/mol. The van der Waals surface area contributed by atoms with E-state index >= 15 is 0 Å². The highest BCUT2D eigenvalue weighted by molar-refractivity contribution is 6.31. The average molecular weight is 196 g/mol. The summed E-state index contributed by atoms with van der Waals surface area (Å²) in [5.74, 6) is -0.702. The molecule has 1 rings (SSSR count). The molecule has 0 aliphatic carbocycles. The third-order valence-corrected chi connectivity index (χ3v) is 1.57. The molecule has 0 spiro atoms. The molecule has 0 unspecified atom stereocenters. The normalized spacial score (nSPS) is 11.7. The van der Waals surface area contributed by atoms with Gasteiger partial charge in [-0.1, -0.05) is 11.6 Å². The topological polar surface area (TPSA) is 19.9 Å². The first-order valence-electron chi connectivity index (χ1n) is 2.95. The summed E-state index contributed by atoms with van der Waals surface area (Å²) >= 11 is 5.22. The van der Waals surface area contributed by atoms with Crippen LogP contribution < -0.4 is 0 Å². The van der Waals surface area contributed by atoms with Gasteiger partial charge in [-0.3, -0.25) is 5.11 Å². The molecule has 5 heteroatoms. The maximum absolute atomic E-state index is 12.0. The van der Waals surface area contributed by atoms with Crippen molar-refractivity contribution in [3.63, 3.8) is 0 Å². The van der Waals surface area contributed by atoms with E-state index in [4.69, 9.17) is 11.6 Å². The van der Waals surface area contributed by atoms with E-state index in [0.29, 0.717) is 6.07 Å². The number of hydrogen-bond donors (Lipinski definition) is 0. The molecule has 1 radical (unpaired) electrons. The van der Waals surface area contributed by atoms with Crippen molar-refractivity contribution in [2.75, 3.05) is 0 Å². The van der Waals surface area contributed by atoms with Crippen molar-refractivity contribution >= 4 is 11.6 Å². The second kappa shape index (κ2) is 2.86. The summed E-state index contributed by atoms with van der Waals surface area (Å²) in [6, 6.07) is 2.40. The van der Waals surface area contributed by atoms with Gasteiger partial charge in [0.1, 0.15) is 0 Å². The highest BCUT2D eigenvalue weighted by atomic mass is 35.5. The summed E-state index contributed by atoms with van der Waals surface area (Å²) in [6.07, 6.45) is -4.56. The minimum absolute atomic E-state index is 0.456. The Hall–Kier alpha value is -0.900. The van der Waals surface area contributed by atoms with Crippen LogP contribution in [0.25, 0.3) is 0 Å². The molecule has 0 aliphatic heterocycles. The van der Waals surface area contributed by atoms with E-state index in [-0.39, 0.29) is 0 Å². The van der Waals surface area contributed by atoms with Crippen molar-refractivity contribution < 1.29 is 18.3 Å². The Balaban J connectivity index is 3.23. The van der Waals surface area contributed by atoms with E-state index in [2.05, 4.69) is 0 Å². The maximum Gasteiger partial charge on any atom is 0.417 e. The molecule has 0 aromatic heterocycles. The molecule has 0 atom stereocenters. The lowest BCUT2D eigenvalue weighted by atomic mass is 10.2. The molecule has 0 bridgehead atoms. The monoisotopic (exact) mass is 195 g/mol. The van der Waals surface area contributed by atoms with E-state index in [1.807, 2.05) is 0 Å². The molecule has 0 saturated heterocycles. The quantitative estimate of drug-likeness (QED) is 0.604. The van der Waals surface area contributed by atoms with Gasteiger partial charge in [0.2, 0.25) is 0 Å². The molecule has 12 heavy (non-hydrogen) atoms. The molecule has 65 valence electrons. The Bertz CT molecular complexity index is 295. The van der Waals surface area contributed by atoms with Crippen LogP contribution in [0.2, 0.25) is 5.02 Å². The van der Waals surface area contributed by atoms with Crippen molar-refractivity contribution in [2.45, 2.75) is 6.18 Å². The largest absolute Gasteiger partial charge is 0.417 e. The first-order chi connectivity index (χ1) is 5.41. The van der Waals surface area contributed by atoms with Crippen molar-refractivity contribution in [1.82, 2.24) is 0 Å². The van der Waals surface area contributed by atoms with Crippen molar-refractivity contribution in [1.29, 1.82) is 0 Å². The van der Waals surface area contributed by atoms with Gasteiger partial charge in [-0.25, -0.2) is 0 Å². The molecule has 0 N–H and O–H groups in total. The van der Waals surface area contributed by atoms with Gasteiger partial charge in [-0.15, -0.1) is 0 Å². The van der Waals surface area contributed by atoms with Crippen LogP contribution in [0, 0.1) is 0 Å². The fourth-order valence-corrected chi connectivity index (χ4v) is 0.946. The highest BCUT2D eigenvalue weighted by Gasteiger charge is 2.33. The first kappa shape index (κ1) is 9.19. The molecule has 0 amide bonds. The van der Waals surface area contributed by atoms with Gasteiger partial charge < -0.3 is 0 Å². The number of hydrogen-bond acceptors (Lipinski definition) is 0. The Morgan fingerprint density at radius 3 is 2.25 bits per heavy atom. The summed E-state index contributed by atoms with van der Waals surface area (Å²) < 4.78 is 36.0. The fourth-order valence-electron chi connectivity index (χ4n) is 0.722. The van der Waals surface area contributed by atoms with E-state index in [1.54, 1.807) is 0 Å². The van der Waals surface area contributed by atoms with Crippen LogP contribution in [-0.2, 0) is 11.3 Å². The fraction of sp³-hybridized carbons (Fsp3) is 0.143. The average Bonchev–Trinajstić information content (AvgIpc) is 1.92. The van der Waals surface area contributed by atoms with Gasteiger partial charge in [-0.05, 0) is 18.2 Å². The zero-order valence-electron chi connectivity index (χ0n) is 5.65. The third kappa shape index (κ3) is 1.82. The Morgan fingerprint density at radius 2 is 1.83 bits per heavy atom. The number of halogens is 4. The lowest BCUT2D eigenvalue weighted by Gasteiger charge is -2.07. The molecule has 0 heterocycles. The van der Waals surface area contributed by atoms with Crippen LogP contribution in [-0.4, -0.2) is 0 Å². The van der Waals surface area contributed by atoms with Gasteiger partial charge >= 0.3 is 6.18 Å². The van der Waals surface area contributed by atoms with Crippen LogP contribution in [0.1, 0.15) is 5.56 Å². The van der Waals surface area contributed by atoms with Crippen molar-refractivity contribution in [2.24, 2.45) is 0 Å². The smallest absolute Gasteiger partial charge is 0.290 e. The molecule has 0 fully saturated rings. The SMILES string of the molecule is [O]c1ccc(Cl)c(C(F)(F)F)c1. The zero-order valence-corrected chi connectivity index (χ0v) is 6.41. The van der Waals surface area contributed by atoms with E-state index < -0.39 is 22.5 Å². The number of benzene rings is 1. The summed E-state index contributed by atoms with van der Waals surface area (Å²) in [7, 11) is 0. The van der Waals surface area contributed by atoms with Crippen LogP contribution in [0.3, 0.4) is 0 Å². The van der Waals surface area contributed by atoms with Crippen LogP contribution in [0.15, 0.2) is 18.2 Å². The minimum Gasteiger partial charge on any atom is -0.290 e. The molecular formula is C7H3ClF3O. The third-order valence-electron chi connectivity index (χ3n) is 1.24. The number of alkyl halides is 3. The van der Waals surface area contributed by atoms with Crippen molar-refractivity contribution in [3.05, 3.63) is 28.8 Å². The van der Waals surface area contributed by atoms with Crippen LogP contribution in [0.5, 0.6) is 5.75 Å². The van der Waals surface area contributed by atoms with Gasteiger partial charge in [0.05, 0.1) is 10.6 Å². The van der Waals surface area contributed by atoms with Gasteiger partial charge in [0.15, 0.2) is 5.75 Å². The second-order valence-electron chi connectivity index (χ2n) is 2.14. The van der Waals surface area contributed by atoms with E-state index in [0.717, 1.165) is 12.1 Å². The molecule has 1 aromatic rings. The lowest BCUT2D eigenvalue weighted by Crippen LogP contribution is -2.05. The summed E-state index contributed by atoms with van der Waals surface area (Å²) in [5, 5.41) is 10.1.